The lowest BCUT2D eigenvalue weighted by molar-refractivity contribution is 0.258. The Kier molecular flexibility index (Phi) is 4.02. The monoisotopic (exact) mass is 324 g/mol. The second kappa shape index (κ2) is 5.82. The summed E-state index contributed by atoms with van der Waals surface area (Å²) in [6, 6.07) is -0.328. The third-order valence-corrected chi connectivity index (χ3v) is 5.69. The van der Waals surface area contributed by atoms with Crippen molar-refractivity contribution in [2.75, 3.05) is 19.6 Å². The summed E-state index contributed by atoms with van der Waals surface area (Å²) >= 11 is 0. The molecule has 0 bridgehead atoms. The normalized spacial score (nSPS) is 20.4. The van der Waals surface area contributed by atoms with Crippen molar-refractivity contribution in [1.29, 1.82) is 0 Å². The summed E-state index contributed by atoms with van der Waals surface area (Å²) in [5.74, 6) is 0.727. The zero-order chi connectivity index (χ0) is 15.7. The average molecular weight is 324 g/mol. The summed E-state index contributed by atoms with van der Waals surface area (Å²) in [6.07, 6.45) is 6.62. The van der Waals surface area contributed by atoms with Gasteiger partial charge < -0.3 is 14.5 Å². The van der Waals surface area contributed by atoms with Crippen LogP contribution in [0.25, 0.3) is 0 Å². The van der Waals surface area contributed by atoms with Gasteiger partial charge in [0.05, 0.1) is 12.4 Å². The Morgan fingerprint density at radius 1 is 1.41 bits per heavy atom. The van der Waals surface area contributed by atoms with Crippen molar-refractivity contribution in [2.45, 2.75) is 24.5 Å². The molecule has 2 aromatic heterocycles. The minimum Gasteiger partial charge on any atom is -0.337 e. The highest BCUT2D eigenvalue weighted by molar-refractivity contribution is 7.89. The fraction of sp³-hybridized carbons (Fsp3) is 0.538. The van der Waals surface area contributed by atoms with Gasteiger partial charge in [-0.05, 0) is 6.92 Å². The van der Waals surface area contributed by atoms with Crippen molar-refractivity contribution < 1.29 is 8.42 Å². The summed E-state index contributed by atoms with van der Waals surface area (Å²) in [7, 11) is -1.77. The highest BCUT2D eigenvalue weighted by Gasteiger charge is 2.37. The van der Waals surface area contributed by atoms with E-state index in [1.165, 1.54) is 4.31 Å². The predicted octanol–water partition coefficient (Wildman–Crippen LogP) is -0.0283. The smallest absolute Gasteiger partial charge is 0.262 e. The van der Waals surface area contributed by atoms with Gasteiger partial charge in [0.25, 0.3) is 10.0 Å². The molecule has 1 atom stereocenters. The van der Waals surface area contributed by atoms with Gasteiger partial charge in [0.1, 0.15) is 5.82 Å². The number of nitrogens with one attached hydrogen (secondary N) is 1. The van der Waals surface area contributed by atoms with Crippen LogP contribution in [0.5, 0.6) is 0 Å². The quantitative estimate of drug-likeness (QED) is 0.854. The molecule has 0 aliphatic carbocycles. The number of sulfonamides is 1. The van der Waals surface area contributed by atoms with Gasteiger partial charge in [-0.1, -0.05) is 0 Å². The molecule has 9 heteroatoms. The van der Waals surface area contributed by atoms with Gasteiger partial charge >= 0.3 is 0 Å². The molecule has 3 heterocycles. The molecule has 1 unspecified atom stereocenters. The molecule has 8 nitrogen and oxygen atoms in total. The standard InChI is InChI=1S/C13H20N6O2S/c1-3-18-9-12(16-10-18)22(20,21)19-7-4-14-8-11(19)13-15-5-6-17(13)2/h5-6,9-11,14H,3-4,7-8H2,1-2H3. The second-order valence-corrected chi connectivity index (χ2v) is 7.11. The van der Waals surface area contributed by atoms with E-state index < -0.39 is 10.0 Å². The Bertz CT molecular complexity index is 750. The van der Waals surface area contributed by atoms with E-state index in [-0.39, 0.29) is 11.1 Å². The summed E-state index contributed by atoms with van der Waals surface area (Å²) in [6.45, 7) is 4.19. The molecule has 0 aromatic carbocycles. The maximum Gasteiger partial charge on any atom is 0.262 e. The summed E-state index contributed by atoms with van der Waals surface area (Å²) in [5, 5.41) is 3.33. The minimum atomic E-state index is -3.64. The van der Waals surface area contributed by atoms with E-state index in [0.717, 1.165) is 5.82 Å². The van der Waals surface area contributed by atoms with Crippen LogP contribution in [0.2, 0.25) is 0 Å². The van der Waals surface area contributed by atoms with Gasteiger partial charge in [-0.25, -0.2) is 18.4 Å². The molecule has 0 amide bonds. The number of imidazole rings is 2. The molecule has 0 spiro atoms. The molecule has 1 aliphatic rings. The van der Waals surface area contributed by atoms with Crippen molar-refractivity contribution in [3.05, 3.63) is 30.7 Å². The molecule has 22 heavy (non-hydrogen) atoms. The number of hydrogen-bond donors (Lipinski definition) is 1. The first-order valence-electron chi connectivity index (χ1n) is 7.25. The number of aromatic nitrogens is 4. The third kappa shape index (κ3) is 2.55. The van der Waals surface area contributed by atoms with Crippen LogP contribution in [0, 0.1) is 0 Å². The largest absolute Gasteiger partial charge is 0.337 e. The van der Waals surface area contributed by atoms with E-state index in [9.17, 15) is 8.42 Å². The summed E-state index contributed by atoms with van der Waals surface area (Å²) in [5.41, 5.74) is 0. The highest BCUT2D eigenvalue weighted by Crippen LogP contribution is 2.27. The number of aryl methyl sites for hydroxylation is 2. The third-order valence-electron chi connectivity index (χ3n) is 3.90. The van der Waals surface area contributed by atoms with E-state index in [4.69, 9.17) is 0 Å². The van der Waals surface area contributed by atoms with Gasteiger partial charge in [-0.3, -0.25) is 0 Å². The first kappa shape index (κ1) is 15.2. The SMILES string of the molecule is CCn1cnc(S(=O)(=O)N2CCNCC2c2nccn2C)c1. The van der Waals surface area contributed by atoms with Crippen LogP contribution in [0.15, 0.2) is 29.9 Å². The van der Waals surface area contributed by atoms with Gasteiger partial charge in [0.15, 0.2) is 5.03 Å². The van der Waals surface area contributed by atoms with Crippen molar-refractivity contribution in [1.82, 2.24) is 28.7 Å². The Labute approximate surface area is 129 Å². The lowest BCUT2D eigenvalue weighted by atomic mass is 10.2. The van der Waals surface area contributed by atoms with Crippen LogP contribution in [0.4, 0.5) is 0 Å². The maximum absolute atomic E-state index is 12.9. The van der Waals surface area contributed by atoms with Crippen LogP contribution in [0.1, 0.15) is 18.8 Å². The van der Waals surface area contributed by atoms with E-state index in [1.807, 2.05) is 24.7 Å². The van der Waals surface area contributed by atoms with Gasteiger partial charge in [-0.2, -0.15) is 4.31 Å². The molecule has 0 radical (unpaired) electrons. The summed E-state index contributed by atoms with van der Waals surface area (Å²) < 4.78 is 30.9. The molecule has 1 N–H and O–H groups in total. The van der Waals surface area contributed by atoms with E-state index in [2.05, 4.69) is 15.3 Å². The van der Waals surface area contributed by atoms with Crippen LogP contribution in [-0.4, -0.2) is 51.5 Å². The van der Waals surface area contributed by atoms with Crippen molar-refractivity contribution in [3.63, 3.8) is 0 Å². The van der Waals surface area contributed by atoms with Gasteiger partial charge in [0, 0.05) is 51.8 Å². The minimum absolute atomic E-state index is 0.0930. The molecule has 2 aromatic rings. The number of piperazine rings is 1. The highest BCUT2D eigenvalue weighted by atomic mass is 32.2. The van der Waals surface area contributed by atoms with Crippen LogP contribution < -0.4 is 5.32 Å². The molecule has 120 valence electrons. The van der Waals surface area contributed by atoms with Crippen molar-refractivity contribution in [2.24, 2.45) is 7.05 Å². The second-order valence-electron chi connectivity index (χ2n) is 5.27. The zero-order valence-electron chi connectivity index (χ0n) is 12.7. The molecule has 1 saturated heterocycles. The zero-order valence-corrected chi connectivity index (χ0v) is 13.5. The Morgan fingerprint density at radius 2 is 2.23 bits per heavy atom. The average Bonchev–Trinajstić information content (AvgIpc) is 3.16. The van der Waals surface area contributed by atoms with Gasteiger partial charge in [-0.15, -0.1) is 0 Å². The van der Waals surface area contributed by atoms with Crippen molar-refractivity contribution in [3.8, 4) is 0 Å². The molecule has 1 aliphatic heterocycles. The first-order valence-corrected chi connectivity index (χ1v) is 8.69. The Balaban J connectivity index is 1.98. The van der Waals surface area contributed by atoms with E-state index in [0.29, 0.717) is 26.2 Å². The maximum atomic E-state index is 12.9. The van der Waals surface area contributed by atoms with Crippen LogP contribution in [-0.2, 0) is 23.6 Å². The number of rotatable bonds is 4. The Hall–Kier alpha value is -1.71. The topological polar surface area (TPSA) is 85.1 Å². The Morgan fingerprint density at radius 3 is 2.86 bits per heavy atom. The molecule has 3 rings (SSSR count). The van der Waals surface area contributed by atoms with E-state index in [1.54, 1.807) is 23.3 Å². The van der Waals surface area contributed by atoms with Gasteiger partial charge in [0.2, 0.25) is 0 Å². The van der Waals surface area contributed by atoms with Crippen LogP contribution in [0.3, 0.4) is 0 Å². The fourth-order valence-electron chi connectivity index (χ4n) is 2.66. The molecular weight excluding hydrogens is 304 g/mol. The van der Waals surface area contributed by atoms with E-state index >= 15 is 0 Å². The fourth-order valence-corrected chi connectivity index (χ4v) is 4.18. The summed E-state index contributed by atoms with van der Waals surface area (Å²) in [4.78, 5) is 8.37. The lowest BCUT2D eigenvalue weighted by Crippen LogP contribution is -2.49. The number of nitrogens with zero attached hydrogens (tertiary/aromatic N) is 5. The molecular formula is C13H20N6O2S. The first-order chi connectivity index (χ1) is 10.5. The molecule has 1 fully saturated rings. The predicted molar refractivity (Wildman–Crippen MR) is 80.6 cm³/mol. The van der Waals surface area contributed by atoms with Crippen molar-refractivity contribution >= 4 is 10.0 Å². The number of hydrogen-bond acceptors (Lipinski definition) is 5. The van der Waals surface area contributed by atoms with Crippen LogP contribution >= 0.6 is 0 Å². The lowest BCUT2D eigenvalue weighted by Gasteiger charge is -2.34. The molecule has 0 saturated carbocycles.